The number of unbranched alkanes of at least 4 members (excludes halogenated alkanes) is 12. The Labute approximate surface area is 490 Å². The molecule has 0 radical (unpaired) electrons. The average molecular weight is 1120 g/mol. The van der Waals surface area contributed by atoms with Gasteiger partial charge in [0.05, 0.1) is 0 Å². The number of fused-ring (bicyclic) bond motifs is 8. The Kier molecular flexibility index (Phi) is 17.4. The van der Waals surface area contributed by atoms with Gasteiger partial charge in [-0.1, -0.05) is 205 Å². The van der Waals surface area contributed by atoms with Crippen molar-refractivity contribution in [1.29, 1.82) is 0 Å². The van der Waals surface area contributed by atoms with Gasteiger partial charge in [0.1, 0.15) is 0 Å². The van der Waals surface area contributed by atoms with Crippen LogP contribution in [-0.2, 0) is 36.5 Å². The van der Waals surface area contributed by atoms with Crippen LogP contribution in [0.15, 0.2) is 115 Å². The van der Waals surface area contributed by atoms with E-state index in [1.807, 2.05) is 11.3 Å². The number of nitrogens with zero attached hydrogens (tertiary/aromatic N) is 1. The van der Waals surface area contributed by atoms with E-state index in [9.17, 15) is 0 Å². The summed E-state index contributed by atoms with van der Waals surface area (Å²) in [6.07, 6.45) is 30.5. The highest BCUT2D eigenvalue weighted by molar-refractivity contribution is 7.31. The molecule has 0 N–H and O–H groups in total. The van der Waals surface area contributed by atoms with Crippen LogP contribution in [0, 0.1) is 0 Å². The van der Waals surface area contributed by atoms with Crippen LogP contribution in [0.3, 0.4) is 0 Å². The molecule has 0 saturated carbocycles. The quantitative estimate of drug-likeness (QED) is 0.0489. The number of thiophene rings is 4. The van der Waals surface area contributed by atoms with Crippen LogP contribution in [0.25, 0.3) is 63.6 Å². The van der Waals surface area contributed by atoms with Crippen LogP contribution < -0.4 is 4.90 Å². The Bertz CT molecular complexity index is 3470. The van der Waals surface area contributed by atoms with Crippen molar-refractivity contribution >= 4 is 93.4 Å². The van der Waals surface area contributed by atoms with Crippen LogP contribution >= 0.6 is 45.3 Å². The second-order valence-electron chi connectivity index (χ2n) is 24.1. The van der Waals surface area contributed by atoms with Crippen molar-refractivity contribution in [2.45, 2.75) is 195 Å². The fourth-order valence-electron chi connectivity index (χ4n) is 13.4. The van der Waals surface area contributed by atoms with Crippen molar-refractivity contribution < 1.29 is 0 Å². The maximum atomic E-state index is 2.57. The first-order chi connectivity index (χ1) is 38.6. The predicted molar refractivity (Wildman–Crippen MR) is 355 cm³/mol. The molecule has 410 valence electrons. The zero-order valence-corrected chi connectivity index (χ0v) is 52.1. The molecule has 0 fully saturated rings. The molecule has 2 aliphatic carbocycles. The number of hydrogen-bond donors (Lipinski definition) is 0. The summed E-state index contributed by atoms with van der Waals surface area (Å²) in [6, 6.07) is 42.3. The SMILES string of the molecule is CCCCCCc1csc2c(CCCCCC)c(/C=C/c3sc4c(CCCCCC)c(-c5ccc(N(c6ccc7c(c6)C(C)(C)c6ccccc6-7)c6ccc7c(c6)C(C)(C)c6ccccc6-7)cc5)sc4c3CCCCCC)sc12. The van der Waals surface area contributed by atoms with E-state index in [-0.39, 0.29) is 10.8 Å². The van der Waals surface area contributed by atoms with Crippen molar-refractivity contribution in [3.05, 3.63) is 169 Å². The molecule has 0 atom stereocenters. The van der Waals surface area contributed by atoms with Crippen LogP contribution in [-0.4, -0.2) is 0 Å². The lowest BCUT2D eigenvalue weighted by Crippen LogP contribution is -2.18. The second-order valence-corrected chi connectivity index (χ2v) is 28.1. The lowest BCUT2D eigenvalue weighted by Gasteiger charge is -2.30. The average Bonchev–Trinajstić information content (AvgIpc) is 4.35. The van der Waals surface area contributed by atoms with Gasteiger partial charge >= 0.3 is 0 Å². The molecule has 4 heterocycles. The maximum absolute atomic E-state index is 2.57. The summed E-state index contributed by atoms with van der Waals surface area (Å²) >= 11 is 8.33. The molecule has 5 aromatic carbocycles. The van der Waals surface area contributed by atoms with Crippen molar-refractivity contribution in [2.75, 3.05) is 4.90 Å². The Hall–Kier alpha value is -5.04. The second kappa shape index (κ2) is 24.6. The number of benzene rings is 5. The van der Waals surface area contributed by atoms with E-state index < -0.39 is 0 Å². The van der Waals surface area contributed by atoms with Gasteiger partial charge in [0, 0.05) is 61.3 Å². The van der Waals surface area contributed by atoms with Gasteiger partial charge in [-0.05, 0) is 178 Å². The largest absolute Gasteiger partial charge is 0.310 e. The molecule has 11 rings (SSSR count). The molecule has 0 spiro atoms. The molecule has 2 aliphatic rings. The normalized spacial score (nSPS) is 14.0. The minimum atomic E-state index is -0.0992. The third kappa shape index (κ3) is 11.0. The molecular weight excluding hydrogens is 1030 g/mol. The van der Waals surface area contributed by atoms with Crippen molar-refractivity contribution in [3.8, 4) is 32.7 Å². The Balaban J connectivity index is 0.987. The van der Waals surface area contributed by atoms with E-state index in [2.05, 4.69) is 221 Å². The third-order valence-electron chi connectivity index (χ3n) is 17.9. The summed E-state index contributed by atoms with van der Waals surface area (Å²) in [5.74, 6) is 0. The zero-order valence-electron chi connectivity index (χ0n) is 48.8. The van der Waals surface area contributed by atoms with Crippen LogP contribution in [0.5, 0.6) is 0 Å². The minimum Gasteiger partial charge on any atom is -0.310 e. The lowest BCUT2D eigenvalue weighted by atomic mass is 9.82. The van der Waals surface area contributed by atoms with Gasteiger partial charge in [-0.15, -0.1) is 45.3 Å². The summed E-state index contributed by atoms with van der Waals surface area (Å²) in [4.78, 5) is 7.03. The number of hydrogen-bond acceptors (Lipinski definition) is 5. The van der Waals surface area contributed by atoms with E-state index >= 15 is 0 Å². The van der Waals surface area contributed by atoms with Gasteiger partial charge in [0.2, 0.25) is 0 Å². The van der Waals surface area contributed by atoms with Crippen molar-refractivity contribution in [3.63, 3.8) is 0 Å². The summed E-state index contributed by atoms with van der Waals surface area (Å²) < 4.78 is 6.27. The van der Waals surface area contributed by atoms with Crippen molar-refractivity contribution in [1.82, 2.24) is 0 Å². The number of anilines is 3. The first-order valence-corrected chi connectivity index (χ1v) is 34.1. The molecule has 0 bridgehead atoms. The molecule has 79 heavy (non-hydrogen) atoms. The Morgan fingerprint density at radius 3 is 1.34 bits per heavy atom. The van der Waals surface area contributed by atoms with Crippen molar-refractivity contribution in [2.24, 2.45) is 0 Å². The van der Waals surface area contributed by atoms with Crippen LogP contribution in [0.1, 0.15) is 212 Å². The first kappa shape index (κ1) is 55.8. The van der Waals surface area contributed by atoms with Gasteiger partial charge in [-0.3, -0.25) is 0 Å². The summed E-state index contributed by atoms with van der Waals surface area (Å²) in [7, 11) is 0. The van der Waals surface area contributed by atoms with Gasteiger partial charge < -0.3 is 4.90 Å². The molecule has 5 heteroatoms. The summed E-state index contributed by atoms with van der Waals surface area (Å²) in [5, 5.41) is 2.50. The molecule has 1 nitrogen and oxygen atoms in total. The standard InChI is InChI=1S/C74H85NS4/c1-9-13-17-21-29-51-49-76-70-59(32-22-18-14-10-2)66(77-69(51)70)45-46-67-60(33-23-19-15-11-3)71-72(78-67)61(34-24-20-16-12-4)68(79-71)50-37-39-52(40-38-50)75(53-41-43-57-55-30-25-27-35-62(55)73(5,6)64(57)47-53)54-42-44-58-56-31-26-28-36-63(56)74(7,8)65(58)48-54/h25-28,30-31,35-49H,9-24,29,32-34H2,1-8H3/b46-45+. The molecule has 0 aliphatic heterocycles. The molecule has 9 aromatic rings. The zero-order chi connectivity index (χ0) is 54.7. The van der Waals surface area contributed by atoms with Crippen LogP contribution in [0.2, 0.25) is 0 Å². The fourth-order valence-corrected chi connectivity index (χ4v) is 19.0. The monoisotopic (exact) mass is 1120 g/mol. The predicted octanol–water partition coefficient (Wildman–Crippen LogP) is 24.7. The molecule has 0 unspecified atom stereocenters. The molecule has 0 amide bonds. The maximum Gasteiger partial charge on any atom is 0.0498 e. The highest BCUT2D eigenvalue weighted by Crippen LogP contribution is 2.54. The molecule has 0 saturated heterocycles. The minimum absolute atomic E-state index is 0.0992. The van der Waals surface area contributed by atoms with Gasteiger partial charge in [0.25, 0.3) is 0 Å². The van der Waals surface area contributed by atoms with E-state index in [0.29, 0.717) is 0 Å². The third-order valence-corrected chi connectivity index (χ3v) is 23.1. The van der Waals surface area contributed by atoms with Gasteiger partial charge in [-0.2, -0.15) is 0 Å². The van der Waals surface area contributed by atoms with E-state index in [1.54, 1.807) is 41.1 Å². The van der Waals surface area contributed by atoms with Gasteiger partial charge in [-0.25, -0.2) is 0 Å². The fraction of sp³-hybridized carbons (Fsp3) is 0.405. The number of aryl methyl sites for hydroxylation is 4. The van der Waals surface area contributed by atoms with Crippen LogP contribution in [0.4, 0.5) is 17.1 Å². The highest BCUT2D eigenvalue weighted by atomic mass is 32.1. The number of rotatable bonds is 26. The summed E-state index contributed by atoms with van der Waals surface area (Å²) in [6.45, 7) is 19.0. The molecule has 4 aromatic heterocycles. The summed E-state index contributed by atoms with van der Waals surface area (Å²) in [5.41, 5.74) is 22.2. The Morgan fingerprint density at radius 2 is 0.823 bits per heavy atom. The smallest absolute Gasteiger partial charge is 0.0498 e. The molecular formula is C74H85NS4. The van der Waals surface area contributed by atoms with E-state index in [1.165, 1.54) is 197 Å². The topological polar surface area (TPSA) is 3.24 Å². The lowest BCUT2D eigenvalue weighted by molar-refractivity contribution is 0.660. The van der Waals surface area contributed by atoms with E-state index in [4.69, 9.17) is 0 Å². The Morgan fingerprint density at radius 1 is 0.392 bits per heavy atom. The van der Waals surface area contributed by atoms with Gasteiger partial charge in [0.15, 0.2) is 0 Å². The highest BCUT2D eigenvalue weighted by Gasteiger charge is 2.38. The first-order valence-electron chi connectivity index (χ1n) is 30.7. The van der Waals surface area contributed by atoms with E-state index in [0.717, 1.165) is 12.8 Å².